The Balaban J connectivity index is 1.62. The molecule has 0 aliphatic heterocycles. The van der Waals surface area contributed by atoms with Gasteiger partial charge in [0.05, 0.1) is 0 Å². The molecule has 0 N–H and O–H groups in total. The Hall–Kier alpha value is -4.48. The predicted octanol–water partition coefficient (Wildman–Crippen LogP) is 7.91. The molecule has 0 spiro atoms. The van der Waals surface area contributed by atoms with Crippen LogP contribution in [0.5, 0.6) is 0 Å². The van der Waals surface area contributed by atoms with E-state index in [1.165, 1.54) is 10.2 Å². The van der Waals surface area contributed by atoms with Gasteiger partial charge in [0.1, 0.15) is 5.54 Å². The number of hydrogen-bond donors (Lipinski definition) is 0. The normalized spacial score (nSPS) is 11.4. The summed E-state index contributed by atoms with van der Waals surface area (Å²) in [7, 11) is 0. The maximum Gasteiger partial charge on any atom is 0.438 e. The Labute approximate surface area is 235 Å². The van der Waals surface area contributed by atoms with Crippen LogP contribution in [0.4, 0.5) is 0 Å². The summed E-state index contributed by atoms with van der Waals surface area (Å²) in [6.45, 7) is 0. The summed E-state index contributed by atoms with van der Waals surface area (Å²) in [5.74, 6) is -0.265. The molecule has 5 heteroatoms. The van der Waals surface area contributed by atoms with Crippen molar-refractivity contribution in [3.05, 3.63) is 172 Å². The van der Waals surface area contributed by atoms with Gasteiger partial charge in [0.2, 0.25) is 5.89 Å². The number of nitrogens with zero attached hydrogens (tertiary/aromatic N) is 2. The highest BCUT2D eigenvalue weighted by Crippen LogP contribution is 2.40. The molecule has 1 aromatic heterocycles. The van der Waals surface area contributed by atoms with Gasteiger partial charge in [-0.1, -0.05) is 149 Å². The fourth-order valence-corrected chi connectivity index (χ4v) is 5.57. The molecule has 0 fully saturated rings. The first-order valence-electron chi connectivity index (χ1n) is 12.7. The highest BCUT2D eigenvalue weighted by atomic mass is 79.9. The molecule has 0 aliphatic rings. The summed E-state index contributed by atoms with van der Waals surface area (Å²) in [5.41, 5.74) is 5.57. The standard InChI is InChI=1S/C34H25BrN2O2/c35-24-25-20-22-26(23-21-25)30-18-10-11-19-31(30)32-36-37(33(38)39-32)34(27-12-4-1-5-13-27,28-14-6-2-7-15-28)29-16-8-3-9-17-29/h1-23H,24H2. The van der Waals surface area contributed by atoms with Gasteiger partial charge in [-0.05, 0) is 39.4 Å². The number of alkyl halides is 1. The number of rotatable bonds is 7. The zero-order chi connectivity index (χ0) is 26.7. The van der Waals surface area contributed by atoms with E-state index in [4.69, 9.17) is 9.52 Å². The molecule has 6 aromatic rings. The van der Waals surface area contributed by atoms with Gasteiger partial charge in [-0.15, -0.1) is 5.10 Å². The summed E-state index contributed by atoms with van der Waals surface area (Å²) in [4.78, 5) is 13.8. The highest BCUT2D eigenvalue weighted by molar-refractivity contribution is 9.08. The van der Waals surface area contributed by atoms with Gasteiger partial charge < -0.3 is 4.42 Å². The lowest BCUT2D eigenvalue weighted by atomic mass is 9.77. The number of aromatic nitrogens is 2. The SMILES string of the molecule is O=c1oc(-c2ccccc2-c2ccc(CBr)cc2)nn1C(c1ccccc1)(c1ccccc1)c1ccccc1. The largest absolute Gasteiger partial charge is 0.438 e. The molecule has 6 rings (SSSR count). The van der Waals surface area contributed by atoms with E-state index in [1.807, 2.05) is 115 Å². The summed E-state index contributed by atoms with van der Waals surface area (Å²) in [6, 6.07) is 46.2. The van der Waals surface area contributed by atoms with Crippen LogP contribution in [0.2, 0.25) is 0 Å². The van der Waals surface area contributed by atoms with Gasteiger partial charge in [0.25, 0.3) is 0 Å². The Morgan fingerprint density at radius 1 is 0.615 bits per heavy atom. The third-order valence-corrected chi connectivity index (χ3v) is 7.66. The van der Waals surface area contributed by atoms with Gasteiger partial charge in [-0.3, -0.25) is 0 Å². The first-order valence-corrected chi connectivity index (χ1v) is 13.9. The molecular weight excluding hydrogens is 548 g/mol. The van der Waals surface area contributed by atoms with E-state index in [-0.39, 0.29) is 5.89 Å². The molecule has 0 amide bonds. The van der Waals surface area contributed by atoms with E-state index >= 15 is 0 Å². The number of hydrogen-bond acceptors (Lipinski definition) is 3. The smallest absolute Gasteiger partial charge is 0.388 e. The lowest BCUT2D eigenvalue weighted by Gasteiger charge is -2.34. The molecular formula is C34H25BrN2O2. The van der Waals surface area contributed by atoms with Gasteiger partial charge in [0.15, 0.2) is 0 Å². The van der Waals surface area contributed by atoms with Gasteiger partial charge in [-0.2, -0.15) is 4.68 Å². The van der Waals surface area contributed by atoms with Crippen LogP contribution in [0.1, 0.15) is 22.3 Å². The zero-order valence-corrected chi connectivity index (χ0v) is 22.7. The quantitative estimate of drug-likeness (QED) is 0.144. The van der Waals surface area contributed by atoms with Crippen LogP contribution in [-0.2, 0) is 10.9 Å². The van der Waals surface area contributed by atoms with Crippen molar-refractivity contribution in [3.8, 4) is 22.6 Å². The van der Waals surface area contributed by atoms with Crippen molar-refractivity contribution in [2.45, 2.75) is 10.9 Å². The summed E-state index contributed by atoms with van der Waals surface area (Å²) >= 11 is 3.51. The van der Waals surface area contributed by atoms with Crippen molar-refractivity contribution < 1.29 is 4.42 Å². The molecule has 0 radical (unpaired) electrons. The zero-order valence-electron chi connectivity index (χ0n) is 21.1. The van der Waals surface area contributed by atoms with Crippen molar-refractivity contribution in [3.63, 3.8) is 0 Å². The van der Waals surface area contributed by atoms with Gasteiger partial charge >= 0.3 is 5.76 Å². The number of benzene rings is 5. The fraction of sp³-hybridized carbons (Fsp3) is 0.0588. The van der Waals surface area contributed by atoms with Crippen molar-refractivity contribution in [2.24, 2.45) is 0 Å². The lowest BCUT2D eigenvalue weighted by Crippen LogP contribution is -2.43. The maximum atomic E-state index is 13.8. The minimum atomic E-state index is -1.05. The Morgan fingerprint density at radius 3 is 1.56 bits per heavy atom. The van der Waals surface area contributed by atoms with Gasteiger partial charge in [0, 0.05) is 10.9 Å². The molecule has 190 valence electrons. The summed E-state index contributed by atoms with van der Waals surface area (Å²) < 4.78 is 7.46. The molecule has 4 nitrogen and oxygen atoms in total. The average Bonchev–Trinajstić information content (AvgIpc) is 3.40. The fourth-order valence-electron chi connectivity index (χ4n) is 5.20. The molecule has 0 unspecified atom stereocenters. The summed E-state index contributed by atoms with van der Waals surface area (Å²) in [6.07, 6.45) is 0. The van der Waals surface area contributed by atoms with E-state index in [2.05, 4.69) is 40.2 Å². The van der Waals surface area contributed by atoms with Crippen molar-refractivity contribution >= 4 is 15.9 Å². The predicted molar refractivity (Wildman–Crippen MR) is 159 cm³/mol. The van der Waals surface area contributed by atoms with E-state index in [0.29, 0.717) is 0 Å². The van der Waals surface area contributed by atoms with E-state index in [0.717, 1.165) is 38.7 Å². The molecule has 0 saturated carbocycles. The molecule has 0 bridgehead atoms. The lowest BCUT2D eigenvalue weighted by molar-refractivity contribution is 0.406. The molecule has 0 atom stereocenters. The molecule has 0 saturated heterocycles. The minimum Gasteiger partial charge on any atom is -0.388 e. The Bertz CT molecular complexity index is 1650. The topological polar surface area (TPSA) is 48.0 Å². The summed E-state index contributed by atoms with van der Waals surface area (Å²) in [5, 5.41) is 5.72. The van der Waals surface area contributed by atoms with E-state index in [1.54, 1.807) is 0 Å². The molecule has 5 aromatic carbocycles. The monoisotopic (exact) mass is 572 g/mol. The van der Waals surface area contributed by atoms with Crippen LogP contribution in [-0.4, -0.2) is 9.78 Å². The van der Waals surface area contributed by atoms with Crippen molar-refractivity contribution in [2.75, 3.05) is 0 Å². The first-order chi connectivity index (χ1) is 19.2. The van der Waals surface area contributed by atoms with Gasteiger partial charge in [-0.25, -0.2) is 4.79 Å². The van der Waals surface area contributed by atoms with Crippen LogP contribution < -0.4 is 5.76 Å². The first kappa shape index (κ1) is 24.8. The highest BCUT2D eigenvalue weighted by Gasteiger charge is 2.42. The minimum absolute atomic E-state index is 0.271. The Kier molecular flexibility index (Phi) is 6.82. The second kappa shape index (κ2) is 10.7. The molecule has 0 aliphatic carbocycles. The second-order valence-corrected chi connectivity index (χ2v) is 9.83. The second-order valence-electron chi connectivity index (χ2n) is 9.27. The van der Waals surface area contributed by atoms with E-state index < -0.39 is 11.3 Å². The van der Waals surface area contributed by atoms with Crippen molar-refractivity contribution in [1.82, 2.24) is 9.78 Å². The third-order valence-electron chi connectivity index (χ3n) is 7.02. The third kappa shape index (κ3) is 4.45. The Morgan fingerprint density at radius 2 is 1.08 bits per heavy atom. The number of halogens is 1. The maximum absolute atomic E-state index is 13.8. The van der Waals surface area contributed by atoms with Crippen molar-refractivity contribution in [1.29, 1.82) is 0 Å². The van der Waals surface area contributed by atoms with Crippen LogP contribution in [0.25, 0.3) is 22.6 Å². The van der Waals surface area contributed by atoms with Crippen LogP contribution in [0.15, 0.2) is 149 Å². The molecule has 39 heavy (non-hydrogen) atoms. The molecule has 1 heterocycles. The van der Waals surface area contributed by atoms with Crippen LogP contribution in [0, 0.1) is 0 Å². The van der Waals surface area contributed by atoms with Crippen LogP contribution in [0.3, 0.4) is 0 Å². The average molecular weight is 573 g/mol. The van der Waals surface area contributed by atoms with E-state index in [9.17, 15) is 4.79 Å². The van der Waals surface area contributed by atoms with Crippen LogP contribution >= 0.6 is 15.9 Å².